The maximum absolute atomic E-state index is 14.7. The molecule has 4 aliphatic heterocycles. The Hall–Kier alpha value is -3.67. The number of benzene rings is 1. The number of esters is 2. The van der Waals surface area contributed by atoms with Crippen LogP contribution in [-0.4, -0.2) is 156 Å². The highest BCUT2D eigenvalue weighted by Crippen LogP contribution is 2.39. The number of fused-ring (bicyclic) bond motifs is 3. The van der Waals surface area contributed by atoms with Crippen molar-refractivity contribution in [3.8, 4) is 0 Å². The molecule has 5 aliphatic rings. The predicted octanol–water partition coefficient (Wildman–Crippen LogP) is 8.21. The van der Waals surface area contributed by atoms with Gasteiger partial charge in [-0.15, -0.1) is 0 Å². The number of carbonyl (C=O) groups excluding carboxylic acids is 6. The third-order valence-corrected chi connectivity index (χ3v) is 19.1. The Labute approximate surface area is 501 Å². The second kappa shape index (κ2) is 30.1. The number of Topliss-reactive ketones (excluding diaryl/α,β-unsaturated/α-hetero) is 3. The smallest absolute Gasteiger partial charge is 0.460 e. The lowest BCUT2D eigenvalue weighted by molar-refractivity contribution is -0.265. The molecule has 456 valence electrons. The number of aliphatic hydroxyl groups is 2. The van der Waals surface area contributed by atoms with Gasteiger partial charge < -0.3 is 52.8 Å². The molecule has 82 heavy (non-hydrogen) atoms. The van der Waals surface area contributed by atoms with E-state index in [2.05, 4.69) is 35.6 Å². The lowest BCUT2D eigenvalue weighted by Crippen LogP contribution is -2.61. The number of methoxy groups -OCH3 is 3. The van der Waals surface area contributed by atoms with Crippen molar-refractivity contribution in [2.75, 3.05) is 41.1 Å². The van der Waals surface area contributed by atoms with E-state index in [-0.39, 0.29) is 59.9 Å². The van der Waals surface area contributed by atoms with Crippen molar-refractivity contribution in [1.82, 2.24) is 4.90 Å². The summed E-state index contributed by atoms with van der Waals surface area (Å²) in [5.41, 5.74) is -0.716. The molecule has 2 bridgehead atoms. The van der Waals surface area contributed by atoms with Gasteiger partial charge in [0.25, 0.3) is 11.7 Å². The number of carbonyl (C=O) groups is 6. The topological polar surface area (TPSA) is 220 Å². The summed E-state index contributed by atoms with van der Waals surface area (Å²) in [7, 11) is 3.97. The molecular weight excluding hydrogens is 1160 g/mol. The summed E-state index contributed by atoms with van der Waals surface area (Å²) in [5.74, 6) is -8.73. The third kappa shape index (κ3) is 16.9. The molecule has 16 atom stereocenters. The van der Waals surface area contributed by atoms with Crippen molar-refractivity contribution in [1.29, 1.82) is 0 Å². The Bertz CT molecular complexity index is 2440. The fraction of sp³-hybridized carbons (Fsp3) is 0.714. The molecule has 0 spiro atoms. The van der Waals surface area contributed by atoms with Gasteiger partial charge in [0.15, 0.2) is 5.78 Å². The Morgan fingerprint density at radius 2 is 1.55 bits per heavy atom. The maximum atomic E-state index is 14.7. The fourth-order valence-corrected chi connectivity index (χ4v) is 13.7. The lowest BCUT2D eigenvalue weighted by Gasteiger charge is -2.42. The van der Waals surface area contributed by atoms with Gasteiger partial charge in [-0.3, -0.25) is 24.0 Å². The van der Waals surface area contributed by atoms with Crippen LogP contribution in [0.25, 0.3) is 0 Å². The second-order valence-electron chi connectivity index (χ2n) is 25.0. The summed E-state index contributed by atoms with van der Waals surface area (Å²) in [5, 5.41) is 24.2. The van der Waals surface area contributed by atoms with Crippen molar-refractivity contribution < 1.29 is 76.7 Å². The summed E-state index contributed by atoms with van der Waals surface area (Å²) >= 11 is 2.38. The van der Waals surface area contributed by atoms with Crippen LogP contribution in [0.15, 0.2) is 65.8 Å². The second-order valence-corrected chi connectivity index (χ2v) is 26.6. The number of allylic oxidation sites excluding steroid dienone is 4. The zero-order valence-electron chi connectivity index (χ0n) is 50.6. The van der Waals surface area contributed by atoms with Crippen molar-refractivity contribution in [3.63, 3.8) is 0 Å². The van der Waals surface area contributed by atoms with Crippen molar-refractivity contribution >= 4 is 70.4 Å². The summed E-state index contributed by atoms with van der Waals surface area (Å²) in [6.07, 6.45) is 9.03. The summed E-state index contributed by atoms with van der Waals surface area (Å²) in [4.78, 5) is 87.4. The van der Waals surface area contributed by atoms with Crippen molar-refractivity contribution in [2.24, 2.45) is 40.9 Å². The summed E-state index contributed by atoms with van der Waals surface area (Å²) < 4.78 is 48.6. The first kappa shape index (κ1) is 67.5. The van der Waals surface area contributed by atoms with E-state index >= 15 is 0 Å². The zero-order valence-corrected chi connectivity index (χ0v) is 52.8. The third-order valence-electron chi connectivity index (χ3n) is 18.2. The van der Waals surface area contributed by atoms with Gasteiger partial charge in [-0.2, -0.15) is 0 Å². The molecule has 1 unspecified atom stereocenters. The quantitative estimate of drug-likeness (QED) is 0.0594. The van der Waals surface area contributed by atoms with Crippen LogP contribution in [0.2, 0.25) is 0 Å². The van der Waals surface area contributed by atoms with Crippen LogP contribution in [0, 0.1) is 40.9 Å². The number of nitrogens with zero attached hydrogens (tertiary/aromatic N) is 1. The molecule has 4 fully saturated rings. The van der Waals surface area contributed by atoms with Gasteiger partial charge in [-0.1, -0.05) is 112 Å². The van der Waals surface area contributed by atoms with Crippen LogP contribution in [-0.2, 0) is 66.5 Å². The number of ether oxygens (including phenoxy) is 6. The molecule has 17 nitrogen and oxygen atoms in total. The van der Waals surface area contributed by atoms with Crippen molar-refractivity contribution in [3.05, 3.63) is 65.8 Å². The van der Waals surface area contributed by atoms with E-state index in [0.717, 1.165) is 17.5 Å². The number of piperidine rings is 1. The molecule has 2 N–H and O–H groups in total. The number of amides is 1. The first-order valence-corrected chi connectivity index (χ1v) is 31.0. The number of hydrogen-bond acceptors (Lipinski definition) is 16. The minimum Gasteiger partial charge on any atom is -0.460 e. The largest absolute Gasteiger partial charge is 0.493 e. The van der Waals surface area contributed by atoms with Crippen LogP contribution in [0.1, 0.15) is 146 Å². The average Bonchev–Trinajstić information content (AvgIpc) is 3.52. The summed E-state index contributed by atoms with van der Waals surface area (Å²) in [6, 6.07) is 8.33. The lowest BCUT2D eigenvalue weighted by atomic mass is 9.75. The maximum Gasteiger partial charge on any atom is 0.493 e. The van der Waals surface area contributed by atoms with E-state index < -0.39 is 114 Å². The highest BCUT2D eigenvalue weighted by atomic mass is 127. The van der Waals surface area contributed by atoms with Gasteiger partial charge in [0.2, 0.25) is 5.79 Å². The SMILES string of the molecule is CO[C@H]1C[C@@H]2CC[C@@H](C)[C@@](O)(O2)C(=O)C(=O)N2CCCC[C@H]2C(=O)O[C@H]([C@H](C)C[C@@H]2CC[C@@H](OC(=O)C3(C)COB(c4ccccc4)OC3)[C@H](OC)C2)CC(=O)[C@H](C)/C=C(\C)[C@](C)(O)[C@@H](OC)C(=O)[C@H](C)C[C@H](C)CC(I)/C=C/C=C/1C. The Morgan fingerprint density at radius 3 is 2.21 bits per heavy atom. The van der Waals surface area contributed by atoms with Crippen LogP contribution in [0.3, 0.4) is 0 Å². The van der Waals surface area contributed by atoms with Gasteiger partial charge in [0, 0.05) is 75.6 Å². The zero-order chi connectivity index (χ0) is 60.3. The van der Waals surface area contributed by atoms with E-state index in [9.17, 15) is 39.0 Å². The normalized spacial score (nSPS) is 37.8. The molecular formula is C63H93BINO16. The Kier molecular flexibility index (Phi) is 24.8. The highest BCUT2D eigenvalue weighted by molar-refractivity contribution is 14.1. The number of alkyl halides is 1. The number of cyclic esters (lactones) is 1. The summed E-state index contributed by atoms with van der Waals surface area (Å²) in [6.45, 7) is 16.4. The molecule has 4 heterocycles. The van der Waals surface area contributed by atoms with Gasteiger partial charge >= 0.3 is 19.1 Å². The Morgan fingerprint density at radius 1 is 0.854 bits per heavy atom. The fourth-order valence-electron chi connectivity index (χ4n) is 12.6. The highest BCUT2D eigenvalue weighted by Gasteiger charge is 2.53. The Balaban J connectivity index is 1.25. The molecule has 19 heteroatoms. The molecule has 1 aromatic carbocycles. The first-order chi connectivity index (χ1) is 38.8. The van der Waals surface area contributed by atoms with Gasteiger partial charge in [-0.25, -0.2) is 4.79 Å². The van der Waals surface area contributed by atoms with Crippen molar-refractivity contribution in [2.45, 2.75) is 204 Å². The first-order valence-electron chi connectivity index (χ1n) is 29.8. The van der Waals surface area contributed by atoms with E-state index in [1.54, 1.807) is 48.0 Å². The standard InChI is InChI=1S/C63H93BINO16/c1-38-29-42(5)55(68)57(77-12)62(9,73)44(7)31-40(3)50(67)35-53(41(4)32-45-25-27-51(54(33-45)76-11)81-60(72)61(8)36-78-64(79-37-61)46-20-14-13-15-21-46)80-59(71)49-23-16-17-28-66(49)58(70)56(69)63(74)43(6)24-26-48(82-63)34-52(75-10)39(2)19-18-22-47(65)30-38/h13-15,18-22,31,38,40-43,45,47-49,51-54,57,73-74H,16-17,23-30,32-37H2,1-12H3/b22-18+,39-19+,44-31+/t38-,40+,41+,42+,43+,45-,47?,48-,49-,51+,52-,53-,54+,57-,62-,63+/m0/s1. The van der Waals surface area contributed by atoms with Gasteiger partial charge in [0.1, 0.15) is 41.2 Å². The molecule has 0 radical (unpaired) electrons. The molecule has 1 aromatic rings. The molecule has 0 aromatic heterocycles. The van der Waals surface area contributed by atoms with Gasteiger partial charge in [0.05, 0.1) is 18.3 Å². The molecule has 6 rings (SSSR count). The van der Waals surface area contributed by atoms with E-state index in [4.69, 9.17) is 37.7 Å². The van der Waals surface area contributed by atoms with E-state index in [1.165, 1.54) is 18.9 Å². The van der Waals surface area contributed by atoms with E-state index in [1.807, 2.05) is 63.3 Å². The monoisotopic (exact) mass is 1260 g/mol. The predicted molar refractivity (Wildman–Crippen MR) is 319 cm³/mol. The number of halogens is 1. The molecule has 3 saturated heterocycles. The van der Waals surface area contributed by atoms with Crippen LogP contribution in [0.5, 0.6) is 0 Å². The number of ketones is 3. The van der Waals surface area contributed by atoms with Crippen LogP contribution < -0.4 is 5.46 Å². The van der Waals surface area contributed by atoms with E-state index in [0.29, 0.717) is 69.8 Å². The van der Waals surface area contributed by atoms with Crippen LogP contribution >= 0.6 is 22.6 Å². The number of hydrogen-bond donors (Lipinski definition) is 2. The van der Waals surface area contributed by atoms with Gasteiger partial charge in [-0.05, 0) is 133 Å². The molecule has 1 aliphatic carbocycles. The number of rotatable bonds is 9. The minimum atomic E-state index is -2.46. The molecule has 1 amide bonds. The minimum absolute atomic E-state index is 0.00296. The average molecular weight is 1260 g/mol. The van der Waals surface area contributed by atoms with Crippen LogP contribution in [0.4, 0.5) is 0 Å². The molecule has 1 saturated carbocycles.